The Morgan fingerprint density at radius 2 is 1.59 bits per heavy atom. The maximum absolute atomic E-state index is 12.0. The number of hydrogen-bond acceptors (Lipinski definition) is 4. The lowest BCUT2D eigenvalue weighted by atomic mass is 10.2. The molecule has 0 radical (unpaired) electrons. The van der Waals surface area contributed by atoms with Crippen molar-refractivity contribution >= 4 is 29.5 Å². The molecule has 0 aromatic heterocycles. The summed E-state index contributed by atoms with van der Waals surface area (Å²) in [6.45, 7) is -0.141. The first-order valence-corrected chi connectivity index (χ1v) is 8.52. The fourth-order valence-corrected chi connectivity index (χ4v) is 2.42. The molecule has 0 aliphatic carbocycles. The van der Waals surface area contributed by atoms with Gasteiger partial charge in [-0.25, -0.2) is 0 Å². The molecule has 0 saturated heterocycles. The van der Waals surface area contributed by atoms with E-state index < -0.39 is 0 Å². The second kappa shape index (κ2) is 8.87. The number of anilines is 1. The minimum absolute atomic E-state index is 0.141. The van der Waals surface area contributed by atoms with Crippen molar-refractivity contribution in [2.45, 2.75) is 0 Å². The molecular weight excluding hydrogens is 366 g/mol. The first-order chi connectivity index (χ1) is 13.1. The third kappa shape index (κ3) is 5.33. The Morgan fingerprint density at radius 1 is 0.926 bits per heavy atom. The van der Waals surface area contributed by atoms with Crippen LogP contribution in [0.15, 0.2) is 72.8 Å². The van der Waals surface area contributed by atoms with Crippen molar-refractivity contribution in [1.82, 2.24) is 0 Å². The number of rotatable bonds is 7. The highest BCUT2D eigenvalue weighted by molar-refractivity contribution is 6.32. The molecule has 3 rings (SSSR count). The Bertz CT molecular complexity index is 924. The zero-order valence-corrected chi connectivity index (χ0v) is 15.0. The van der Waals surface area contributed by atoms with Crippen molar-refractivity contribution in [3.05, 3.63) is 83.4 Å². The van der Waals surface area contributed by atoms with Gasteiger partial charge in [-0.15, -0.1) is 0 Å². The molecule has 0 atom stereocenters. The minimum atomic E-state index is -0.297. The Balaban J connectivity index is 1.52. The molecule has 3 aromatic rings. The van der Waals surface area contributed by atoms with Crippen LogP contribution in [0.1, 0.15) is 10.4 Å². The fourth-order valence-electron chi connectivity index (χ4n) is 2.25. The molecule has 0 aliphatic heterocycles. The second-order valence-electron chi connectivity index (χ2n) is 5.58. The van der Waals surface area contributed by atoms with Gasteiger partial charge in [-0.3, -0.25) is 9.59 Å². The van der Waals surface area contributed by atoms with Crippen molar-refractivity contribution in [2.24, 2.45) is 0 Å². The summed E-state index contributed by atoms with van der Waals surface area (Å²) >= 11 is 6.06. The first-order valence-electron chi connectivity index (χ1n) is 8.14. The molecule has 6 heteroatoms. The maximum atomic E-state index is 12.0. The monoisotopic (exact) mass is 381 g/mol. The SMILES string of the molecule is O=Cc1ccc(OCC(=O)Nc2ccc(Oc3ccccc3Cl)cc2)cc1. The first kappa shape index (κ1) is 18.5. The van der Waals surface area contributed by atoms with Crippen molar-refractivity contribution in [3.63, 3.8) is 0 Å². The van der Waals surface area contributed by atoms with Crippen LogP contribution in [0.3, 0.4) is 0 Å². The van der Waals surface area contributed by atoms with E-state index in [-0.39, 0.29) is 12.5 Å². The predicted octanol–water partition coefficient (Wildman–Crippen LogP) is 4.96. The summed E-state index contributed by atoms with van der Waals surface area (Å²) in [5, 5.41) is 3.26. The number of para-hydroxylation sites is 1. The van der Waals surface area contributed by atoms with Gasteiger partial charge in [0.15, 0.2) is 6.61 Å². The molecule has 0 fully saturated rings. The van der Waals surface area contributed by atoms with Gasteiger partial charge in [-0.2, -0.15) is 0 Å². The lowest BCUT2D eigenvalue weighted by Crippen LogP contribution is -2.20. The van der Waals surface area contributed by atoms with Gasteiger partial charge >= 0.3 is 0 Å². The van der Waals surface area contributed by atoms with Gasteiger partial charge in [0.2, 0.25) is 0 Å². The van der Waals surface area contributed by atoms with E-state index in [9.17, 15) is 9.59 Å². The molecule has 0 unspecified atom stereocenters. The third-order valence-electron chi connectivity index (χ3n) is 3.59. The van der Waals surface area contributed by atoms with Crippen LogP contribution in [0.25, 0.3) is 0 Å². The van der Waals surface area contributed by atoms with Gasteiger partial charge in [0, 0.05) is 11.3 Å². The van der Waals surface area contributed by atoms with Gasteiger partial charge in [0.05, 0.1) is 5.02 Å². The smallest absolute Gasteiger partial charge is 0.262 e. The van der Waals surface area contributed by atoms with Crippen molar-refractivity contribution in [3.8, 4) is 17.2 Å². The van der Waals surface area contributed by atoms with Crippen LogP contribution in [0, 0.1) is 0 Å². The molecular formula is C21H16ClNO4. The van der Waals surface area contributed by atoms with E-state index in [0.717, 1.165) is 6.29 Å². The third-order valence-corrected chi connectivity index (χ3v) is 3.90. The Hall–Kier alpha value is -3.31. The number of aldehydes is 1. The zero-order valence-electron chi connectivity index (χ0n) is 14.2. The number of carbonyl (C=O) groups is 2. The number of nitrogens with one attached hydrogen (secondary N) is 1. The van der Waals surface area contributed by atoms with Crippen molar-refractivity contribution in [2.75, 3.05) is 11.9 Å². The van der Waals surface area contributed by atoms with E-state index in [1.165, 1.54) is 0 Å². The van der Waals surface area contributed by atoms with Crippen LogP contribution in [-0.4, -0.2) is 18.8 Å². The molecule has 27 heavy (non-hydrogen) atoms. The molecule has 136 valence electrons. The molecule has 5 nitrogen and oxygen atoms in total. The average molecular weight is 382 g/mol. The lowest BCUT2D eigenvalue weighted by Gasteiger charge is -2.10. The van der Waals surface area contributed by atoms with Crippen LogP contribution in [0.5, 0.6) is 17.2 Å². The summed E-state index contributed by atoms with van der Waals surface area (Å²) in [6, 6.07) is 20.6. The molecule has 0 aliphatic rings. The van der Waals surface area contributed by atoms with Crippen LogP contribution in [0.2, 0.25) is 5.02 Å². The zero-order chi connectivity index (χ0) is 19.1. The summed E-state index contributed by atoms with van der Waals surface area (Å²) in [5.74, 6) is 1.38. The summed E-state index contributed by atoms with van der Waals surface area (Å²) in [6.07, 6.45) is 0.746. The largest absolute Gasteiger partial charge is 0.484 e. The van der Waals surface area contributed by atoms with E-state index in [1.807, 2.05) is 12.1 Å². The number of ether oxygens (including phenoxy) is 2. The summed E-state index contributed by atoms with van der Waals surface area (Å²) in [5.41, 5.74) is 1.16. The second-order valence-corrected chi connectivity index (χ2v) is 5.99. The molecule has 0 saturated carbocycles. The molecule has 3 aromatic carbocycles. The summed E-state index contributed by atoms with van der Waals surface area (Å²) < 4.78 is 11.1. The number of hydrogen-bond donors (Lipinski definition) is 1. The molecule has 1 amide bonds. The van der Waals surface area contributed by atoms with Gasteiger partial charge in [-0.1, -0.05) is 23.7 Å². The molecule has 1 N–H and O–H groups in total. The minimum Gasteiger partial charge on any atom is -0.484 e. The van der Waals surface area contributed by atoms with E-state index in [0.29, 0.717) is 33.5 Å². The number of carbonyl (C=O) groups excluding carboxylic acids is 2. The maximum Gasteiger partial charge on any atom is 0.262 e. The highest BCUT2D eigenvalue weighted by Gasteiger charge is 2.06. The highest BCUT2D eigenvalue weighted by Crippen LogP contribution is 2.29. The van der Waals surface area contributed by atoms with E-state index >= 15 is 0 Å². The van der Waals surface area contributed by atoms with Gasteiger partial charge < -0.3 is 14.8 Å². The summed E-state index contributed by atoms with van der Waals surface area (Å²) in [4.78, 5) is 22.6. The number of halogens is 1. The van der Waals surface area contributed by atoms with Gasteiger partial charge in [0.25, 0.3) is 5.91 Å². The van der Waals surface area contributed by atoms with Crippen LogP contribution >= 0.6 is 11.6 Å². The van der Waals surface area contributed by atoms with E-state index in [2.05, 4.69) is 5.32 Å². The normalized spacial score (nSPS) is 10.1. The van der Waals surface area contributed by atoms with Gasteiger partial charge in [0.1, 0.15) is 23.5 Å². The van der Waals surface area contributed by atoms with Crippen molar-refractivity contribution in [1.29, 1.82) is 0 Å². The topological polar surface area (TPSA) is 64.6 Å². The van der Waals surface area contributed by atoms with Crippen LogP contribution in [0.4, 0.5) is 5.69 Å². The lowest BCUT2D eigenvalue weighted by molar-refractivity contribution is -0.118. The highest BCUT2D eigenvalue weighted by atomic mass is 35.5. The Morgan fingerprint density at radius 3 is 2.26 bits per heavy atom. The molecule has 0 heterocycles. The number of benzene rings is 3. The Labute approximate surface area is 161 Å². The van der Waals surface area contributed by atoms with E-state index in [4.69, 9.17) is 21.1 Å². The average Bonchev–Trinajstić information content (AvgIpc) is 2.70. The molecule has 0 spiro atoms. The van der Waals surface area contributed by atoms with Crippen LogP contribution < -0.4 is 14.8 Å². The van der Waals surface area contributed by atoms with Crippen molar-refractivity contribution < 1.29 is 19.1 Å². The summed E-state index contributed by atoms with van der Waals surface area (Å²) in [7, 11) is 0. The Kier molecular flexibility index (Phi) is 6.07. The molecule has 0 bridgehead atoms. The van der Waals surface area contributed by atoms with Crippen LogP contribution in [-0.2, 0) is 4.79 Å². The standard InChI is InChI=1S/C21H16ClNO4/c22-19-3-1-2-4-20(19)27-18-11-7-16(8-12-18)23-21(25)14-26-17-9-5-15(13-24)6-10-17/h1-13H,14H2,(H,23,25). The fraction of sp³-hybridized carbons (Fsp3) is 0.0476. The quantitative estimate of drug-likeness (QED) is 0.587. The van der Waals surface area contributed by atoms with E-state index in [1.54, 1.807) is 60.7 Å². The van der Waals surface area contributed by atoms with Gasteiger partial charge in [-0.05, 0) is 60.7 Å². The number of amides is 1. The predicted molar refractivity (Wildman–Crippen MR) is 104 cm³/mol.